The number of anilines is 1. The topological polar surface area (TPSA) is 108 Å². The Bertz CT molecular complexity index is 769. The van der Waals surface area contributed by atoms with Gasteiger partial charge >= 0.3 is 5.69 Å². The standard InChI is InChI=1S/C12H10N6O2/c19-11(10-7-14-17-16-10)15-8-1-3-9(4-2-8)18-6-5-13-12(18)20/h1-7H,(H,13,20)(H,15,19)(H,14,16,17). The van der Waals surface area contributed by atoms with Crippen molar-refractivity contribution in [3.63, 3.8) is 0 Å². The largest absolute Gasteiger partial charge is 0.330 e. The number of carbonyl (C=O) groups excluding carboxylic acids is 1. The average molecular weight is 270 g/mol. The summed E-state index contributed by atoms with van der Waals surface area (Å²) >= 11 is 0. The van der Waals surface area contributed by atoms with Crippen LogP contribution in [0.2, 0.25) is 0 Å². The highest BCUT2D eigenvalue weighted by atomic mass is 16.2. The highest BCUT2D eigenvalue weighted by Gasteiger charge is 2.08. The molecule has 0 aliphatic carbocycles. The molecule has 2 heterocycles. The first-order chi connectivity index (χ1) is 9.74. The minimum atomic E-state index is -0.356. The lowest BCUT2D eigenvalue weighted by molar-refractivity contribution is 0.102. The third-order valence-electron chi connectivity index (χ3n) is 2.70. The molecule has 0 saturated heterocycles. The predicted molar refractivity (Wildman–Crippen MR) is 70.7 cm³/mol. The normalized spacial score (nSPS) is 10.4. The summed E-state index contributed by atoms with van der Waals surface area (Å²) in [5.41, 5.74) is 1.29. The maximum atomic E-state index is 11.7. The van der Waals surface area contributed by atoms with Crippen molar-refractivity contribution >= 4 is 11.6 Å². The number of amides is 1. The highest BCUT2D eigenvalue weighted by Crippen LogP contribution is 2.12. The summed E-state index contributed by atoms with van der Waals surface area (Å²) in [4.78, 5) is 25.8. The zero-order valence-corrected chi connectivity index (χ0v) is 10.2. The molecule has 0 spiro atoms. The van der Waals surface area contributed by atoms with Crippen molar-refractivity contribution in [2.24, 2.45) is 0 Å². The van der Waals surface area contributed by atoms with Crippen molar-refractivity contribution in [2.75, 3.05) is 5.32 Å². The van der Waals surface area contributed by atoms with Gasteiger partial charge in [-0.15, -0.1) is 0 Å². The quantitative estimate of drug-likeness (QED) is 0.645. The van der Waals surface area contributed by atoms with Crippen LogP contribution in [0.15, 0.2) is 47.7 Å². The zero-order valence-electron chi connectivity index (χ0n) is 10.2. The first-order valence-corrected chi connectivity index (χ1v) is 5.77. The van der Waals surface area contributed by atoms with Crippen LogP contribution >= 0.6 is 0 Å². The van der Waals surface area contributed by atoms with Crippen molar-refractivity contribution in [1.82, 2.24) is 25.0 Å². The van der Waals surface area contributed by atoms with E-state index in [-0.39, 0.29) is 17.3 Å². The van der Waals surface area contributed by atoms with Crippen LogP contribution in [0.5, 0.6) is 0 Å². The molecular formula is C12H10N6O2. The second-order valence-electron chi connectivity index (χ2n) is 3.99. The van der Waals surface area contributed by atoms with Gasteiger partial charge in [0.05, 0.1) is 11.9 Å². The average Bonchev–Trinajstić information content (AvgIpc) is 3.11. The lowest BCUT2D eigenvalue weighted by atomic mass is 10.2. The molecule has 0 bridgehead atoms. The molecule has 0 radical (unpaired) electrons. The Kier molecular flexibility index (Phi) is 2.88. The van der Waals surface area contributed by atoms with Gasteiger partial charge in [0.15, 0.2) is 5.69 Å². The highest BCUT2D eigenvalue weighted by molar-refractivity contribution is 6.02. The van der Waals surface area contributed by atoms with Gasteiger partial charge in [0.25, 0.3) is 5.91 Å². The van der Waals surface area contributed by atoms with Gasteiger partial charge < -0.3 is 10.3 Å². The van der Waals surface area contributed by atoms with Crippen LogP contribution < -0.4 is 11.0 Å². The lowest BCUT2D eigenvalue weighted by Crippen LogP contribution is -2.14. The number of rotatable bonds is 3. The number of H-pyrrole nitrogens is 2. The number of hydrogen-bond donors (Lipinski definition) is 3. The van der Waals surface area contributed by atoms with Crippen molar-refractivity contribution in [3.05, 3.63) is 59.0 Å². The molecule has 3 N–H and O–H groups in total. The second kappa shape index (κ2) is 4.84. The molecule has 3 aromatic rings. The maximum Gasteiger partial charge on any atom is 0.330 e. The Morgan fingerprint density at radius 2 is 2.05 bits per heavy atom. The summed E-state index contributed by atoms with van der Waals surface area (Å²) in [6, 6.07) is 6.86. The Balaban J connectivity index is 1.79. The summed E-state index contributed by atoms with van der Waals surface area (Å²) in [5.74, 6) is -0.356. The number of nitrogens with one attached hydrogen (secondary N) is 3. The van der Waals surface area contributed by atoms with Crippen LogP contribution in [0.4, 0.5) is 5.69 Å². The van der Waals surface area contributed by atoms with E-state index >= 15 is 0 Å². The van der Waals surface area contributed by atoms with Crippen LogP contribution in [0, 0.1) is 0 Å². The molecule has 100 valence electrons. The van der Waals surface area contributed by atoms with E-state index in [4.69, 9.17) is 0 Å². The van der Waals surface area contributed by atoms with Crippen molar-refractivity contribution in [1.29, 1.82) is 0 Å². The fourth-order valence-corrected chi connectivity index (χ4v) is 1.74. The van der Waals surface area contributed by atoms with Gasteiger partial charge in [-0.1, -0.05) is 0 Å². The van der Waals surface area contributed by atoms with Gasteiger partial charge in [-0.25, -0.2) is 4.79 Å². The molecule has 8 nitrogen and oxygen atoms in total. The van der Waals surface area contributed by atoms with E-state index < -0.39 is 0 Å². The van der Waals surface area contributed by atoms with E-state index in [1.807, 2.05) is 0 Å². The molecule has 3 rings (SSSR count). The molecule has 0 unspecified atom stereocenters. The fourth-order valence-electron chi connectivity index (χ4n) is 1.74. The number of hydrogen-bond acceptors (Lipinski definition) is 4. The van der Waals surface area contributed by atoms with E-state index in [1.165, 1.54) is 10.8 Å². The second-order valence-corrected chi connectivity index (χ2v) is 3.99. The van der Waals surface area contributed by atoms with E-state index in [0.717, 1.165) is 0 Å². The lowest BCUT2D eigenvalue weighted by Gasteiger charge is -2.05. The molecule has 8 heteroatoms. The van der Waals surface area contributed by atoms with Crippen LogP contribution in [0.3, 0.4) is 0 Å². The van der Waals surface area contributed by atoms with E-state index in [0.29, 0.717) is 11.4 Å². The Hall–Kier alpha value is -3.16. The van der Waals surface area contributed by atoms with Gasteiger partial charge in [0.1, 0.15) is 0 Å². The van der Waals surface area contributed by atoms with Crippen LogP contribution in [-0.4, -0.2) is 30.9 Å². The van der Waals surface area contributed by atoms with Gasteiger partial charge in [0, 0.05) is 18.1 Å². The van der Waals surface area contributed by atoms with E-state index in [9.17, 15) is 9.59 Å². The van der Waals surface area contributed by atoms with E-state index in [1.54, 1.807) is 36.7 Å². The maximum absolute atomic E-state index is 11.7. The van der Waals surface area contributed by atoms with Gasteiger partial charge in [-0.3, -0.25) is 9.36 Å². The molecule has 20 heavy (non-hydrogen) atoms. The summed E-state index contributed by atoms with van der Waals surface area (Å²) in [6.07, 6.45) is 4.52. The van der Waals surface area contributed by atoms with Gasteiger partial charge in [-0.05, 0) is 24.3 Å². The number of aromatic nitrogens is 5. The minimum Gasteiger partial charge on any atom is -0.321 e. The predicted octanol–water partition coefficient (Wildman–Crippen LogP) is 0.536. The van der Waals surface area contributed by atoms with Gasteiger partial charge in [0.2, 0.25) is 0 Å². The van der Waals surface area contributed by atoms with Crippen molar-refractivity contribution in [3.8, 4) is 5.69 Å². The molecule has 0 aliphatic rings. The van der Waals surface area contributed by atoms with Gasteiger partial charge in [-0.2, -0.15) is 15.4 Å². The summed E-state index contributed by atoms with van der Waals surface area (Å²) in [5, 5.41) is 12.3. The molecular weight excluding hydrogens is 260 g/mol. The third kappa shape index (κ3) is 2.21. The number of imidazole rings is 1. The first-order valence-electron chi connectivity index (χ1n) is 5.77. The first kappa shape index (κ1) is 11.9. The Morgan fingerprint density at radius 1 is 1.25 bits per heavy atom. The van der Waals surface area contributed by atoms with Crippen LogP contribution in [0.25, 0.3) is 5.69 Å². The number of aromatic amines is 2. The summed E-state index contributed by atoms with van der Waals surface area (Å²) in [7, 11) is 0. The Morgan fingerprint density at radius 3 is 2.65 bits per heavy atom. The monoisotopic (exact) mass is 270 g/mol. The third-order valence-corrected chi connectivity index (χ3v) is 2.70. The van der Waals surface area contributed by atoms with Crippen molar-refractivity contribution in [2.45, 2.75) is 0 Å². The van der Waals surface area contributed by atoms with Crippen LogP contribution in [-0.2, 0) is 0 Å². The molecule has 0 aliphatic heterocycles. The molecule has 1 amide bonds. The number of nitrogens with zero attached hydrogens (tertiary/aromatic N) is 3. The molecule has 0 fully saturated rings. The smallest absolute Gasteiger partial charge is 0.321 e. The SMILES string of the molecule is O=C(Nc1ccc(-n2cc[nH]c2=O)cc1)c1cn[nH]n1. The molecule has 1 aromatic carbocycles. The molecule has 0 atom stereocenters. The molecule has 0 saturated carbocycles. The fraction of sp³-hybridized carbons (Fsp3) is 0. The van der Waals surface area contributed by atoms with Crippen molar-refractivity contribution < 1.29 is 4.79 Å². The summed E-state index contributed by atoms with van der Waals surface area (Å²) in [6.45, 7) is 0. The van der Waals surface area contributed by atoms with E-state index in [2.05, 4.69) is 25.7 Å². The van der Waals surface area contributed by atoms with Crippen LogP contribution in [0.1, 0.15) is 10.5 Å². The summed E-state index contributed by atoms with van der Waals surface area (Å²) < 4.78 is 1.46. The Labute approximate surface area is 112 Å². The number of benzene rings is 1. The minimum absolute atomic E-state index is 0.205. The zero-order chi connectivity index (χ0) is 13.9. The number of carbonyl (C=O) groups is 1. The molecule has 2 aromatic heterocycles.